The molecule has 5 aliphatic carbocycles. The Kier molecular flexibility index (Phi) is 6.18. The van der Waals surface area contributed by atoms with Gasteiger partial charge in [0.15, 0.2) is 0 Å². The number of nitrogens with zero attached hydrogens (tertiary/aromatic N) is 2. The van der Waals surface area contributed by atoms with Gasteiger partial charge in [0.25, 0.3) is 11.8 Å². The van der Waals surface area contributed by atoms with Gasteiger partial charge in [-0.05, 0) is 81.7 Å². The highest BCUT2D eigenvalue weighted by molar-refractivity contribution is 8.00. The number of nitrogens with one attached hydrogen (secondary N) is 1. The molecule has 1 aliphatic heterocycles. The largest absolute Gasteiger partial charge is 0.472 e. The SMILES string of the molecule is CC(C)(COc1noc(C(=O)N[C@H]2C3CC4CC2C[C@](O)(C4)C3)c1SC1CCCC1)N1CCOC1=O. The molecule has 0 radical (unpaired) electrons. The first-order chi connectivity index (χ1) is 17.2. The quantitative estimate of drug-likeness (QED) is 0.530. The standard InChI is InChI=1S/C26H37N3O6S/c1-25(2,29-7-8-33-24(29)31)14-34-23-21(36-18-5-3-4-6-18)20(35-28-23)22(30)27-19-16-9-15-10-17(19)13-26(32,11-15)12-16/h15-19,32H,3-14H2,1-2H3,(H,27,30)/t15?,16?,17?,19-,26-. The topological polar surface area (TPSA) is 114 Å². The molecule has 2 heterocycles. The minimum atomic E-state index is -0.592. The lowest BCUT2D eigenvalue weighted by Crippen LogP contribution is -2.61. The van der Waals surface area contributed by atoms with Gasteiger partial charge in [-0.2, -0.15) is 0 Å². The van der Waals surface area contributed by atoms with Gasteiger partial charge in [-0.1, -0.05) is 12.8 Å². The highest BCUT2D eigenvalue weighted by Crippen LogP contribution is 2.55. The Morgan fingerprint density at radius 1 is 1.25 bits per heavy atom. The van der Waals surface area contributed by atoms with Gasteiger partial charge in [-0.25, -0.2) is 4.79 Å². The summed E-state index contributed by atoms with van der Waals surface area (Å²) >= 11 is 1.63. The van der Waals surface area contributed by atoms with Crippen molar-refractivity contribution in [2.75, 3.05) is 19.8 Å². The fraction of sp³-hybridized carbons (Fsp3) is 0.808. The van der Waals surface area contributed by atoms with Crippen LogP contribution in [0.1, 0.15) is 82.2 Å². The third-order valence-corrected chi connectivity index (χ3v) is 10.4. The maximum absolute atomic E-state index is 13.5. The van der Waals surface area contributed by atoms with E-state index in [9.17, 15) is 14.7 Å². The number of ether oxygens (including phenoxy) is 2. The summed E-state index contributed by atoms with van der Waals surface area (Å²) in [7, 11) is 0. The molecule has 4 bridgehead atoms. The minimum Gasteiger partial charge on any atom is -0.472 e. The first kappa shape index (κ1) is 24.4. The number of cyclic esters (lactones) is 1. The number of rotatable bonds is 8. The first-order valence-electron chi connectivity index (χ1n) is 13.5. The average molecular weight is 520 g/mol. The molecule has 1 aromatic heterocycles. The number of carbonyl (C=O) groups is 2. The highest BCUT2D eigenvalue weighted by Gasteiger charge is 2.55. The first-order valence-corrected chi connectivity index (χ1v) is 14.4. The molecule has 9 nitrogen and oxygen atoms in total. The molecular formula is C26H37N3O6S. The lowest BCUT2D eigenvalue weighted by Gasteiger charge is -2.58. The van der Waals surface area contributed by atoms with E-state index in [0.29, 0.717) is 46.9 Å². The summed E-state index contributed by atoms with van der Waals surface area (Å²) < 4.78 is 16.8. The van der Waals surface area contributed by atoms with Crippen molar-refractivity contribution in [3.8, 4) is 5.88 Å². The van der Waals surface area contributed by atoms with Crippen LogP contribution in [0.3, 0.4) is 0 Å². The zero-order chi connectivity index (χ0) is 25.1. The lowest BCUT2D eigenvalue weighted by atomic mass is 9.52. The van der Waals surface area contributed by atoms with Gasteiger partial charge in [0, 0.05) is 11.3 Å². The number of thioether (sulfide) groups is 1. The van der Waals surface area contributed by atoms with E-state index in [1.807, 2.05) is 13.8 Å². The van der Waals surface area contributed by atoms with Crippen LogP contribution in [0.4, 0.5) is 4.79 Å². The molecule has 6 aliphatic rings. The molecule has 5 saturated carbocycles. The summed E-state index contributed by atoms with van der Waals surface area (Å²) in [5, 5.41) is 18.7. The van der Waals surface area contributed by atoms with Crippen molar-refractivity contribution in [1.29, 1.82) is 0 Å². The molecule has 2 unspecified atom stereocenters. The van der Waals surface area contributed by atoms with Gasteiger partial charge in [-0.3, -0.25) is 9.69 Å². The lowest BCUT2D eigenvalue weighted by molar-refractivity contribution is -0.137. The fourth-order valence-corrected chi connectivity index (χ4v) is 8.82. The average Bonchev–Trinajstić information content (AvgIpc) is 3.56. The van der Waals surface area contributed by atoms with E-state index in [4.69, 9.17) is 14.0 Å². The Hall–Kier alpha value is -1.94. The molecule has 198 valence electrons. The molecule has 0 aromatic carbocycles. The van der Waals surface area contributed by atoms with Crippen LogP contribution in [0.15, 0.2) is 9.42 Å². The predicted molar refractivity (Wildman–Crippen MR) is 132 cm³/mol. The van der Waals surface area contributed by atoms with E-state index >= 15 is 0 Å². The zero-order valence-corrected chi connectivity index (χ0v) is 22.0. The molecule has 1 aromatic rings. The van der Waals surface area contributed by atoms with Crippen LogP contribution < -0.4 is 10.1 Å². The van der Waals surface area contributed by atoms with Crippen LogP contribution in [0, 0.1) is 17.8 Å². The summed E-state index contributed by atoms with van der Waals surface area (Å²) in [5.74, 6) is 1.50. The van der Waals surface area contributed by atoms with Crippen LogP contribution >= 0.6 is 11.8 Å². The second-order valence-corrected chi connectivity index (χ2v) is 13.5. The summed E-state index contributed by atoms with van der Waals surface area (Å²) in [4.78, 5) is 27.9. The van der Waals surface area contributed by atoms with Crippen LogP contribution in [-0.2, 0) is 4.74 Å². The van der Waals surface area contributed by atoms with Crippen LogP contribution in [0.5, 0.6) is 5.88 Å². The van der Waals surface area contributed by atoms with Gasteiger partial charge in [0.1, 0.15) is 18.1 Å². The predicted octanol–water partition coefficient (Wildman–Crippen LogP) is 3.99. The summed E-state index contributed by atoms with van der Waals surface area (Å²) in [5.41, 5.74) is -1.13. The molecule has 7 rings (SSSR count). The summed E-state index contributed by atoms with van der Waals surface area (Å²) in [6.07, 6.45) is 8.81. The molecule has 2 atom stereocenters. The number of amides is 2. The smallest absolute Gasteiger partial charge is 0.410 e. The van der Waals surface area contributed by atoms with Gasteiger partial charge in [-0.15, -0.1) is 11.8 Å². The van der Waals surface area contributed by atoms with Crippen molar-refractivity contribution in [2.24, 2.45) is 17.8 Å². The Morgan fingerprint density at radius 2 is 1.97 bits per heavy atom. The van der Waals surface area contributed by atoms with Crippen molar-refractivity contribution >= 4 is 23.8 Å². The zero-order valence-electron chi connectivity index (χ0n) is 21.2. The third kappa shape index (κ3) is 4.48. The number of hydrogen-bond donors (Lipinski definition) is 2. The van der Waals surface area contributed by atoms with Gasteiger partial charge < -0.3 is 24.4 Å². The monoisotopic (exact) mass is 519 g/mol. The molecule has 2 N–H and O–H groups in total. The van der Waals surface area contributed by atoms with E-state index in [-0.39, 0.29) is 30.4 Å². The van der Waals surface area contributed by atoms with Crippen molar-refractivity contribution in [2.45, 2.75) is 99.0 Å². The van der Waals surface area contributed by atoms with E-state index in [2.05, 4.69) is 10.5 Å². The molecule has 6 fully saturated rings. The number of carbonyl (C=O) groups excluding carboxylic acids is 2. The van der Waals surface area contributed by atoms with Crippen LogP contribution in [0.25, 0.3) is 0 Å². The Labute approximate surface area is 216 Å². The second kappa shape index (κ2) is 9.11. The number of hydrogen-bond acceptors (Lipinski definition) is 8. The molecule has 10 heteroatoms. The van der Waals surface area contributed by atoms with Crippen molar-refractivity contribution < 1.29 is 28.7 Å². The normalized spacial score (nSPS) is 33.9. The van der Waals surface area contributed by atoms with Crippen LogP contribution in [0.2, 0.25) is 0 Å². The van der Waals surface area contributed by atoms with Crippen molar-refractivity contribution in [1.82, 2.24) is 15.4 Å². The molecule has 1 saturated heterocycles. The maximum atomic E-state index is 13.5. The molecule has 2 amide bonds. The summed E-state index contributed by atoms with van der Waals surface area (Å²) in [6, 6.07) is 0.0632. The van der Waals surface area contributed by atoms with E-state index in [1.54, 1.807) is 16.7 Å². The van der Waals surface area contributed by atoms with E-state index in [0.717, 1.165) is 44.9 Å². The number of aromatic nitrogens is 1. The Morgan fingerprint density at radius 3 is 2.61 bits per heavy atom. The van der Waals surface area contributed by atoms with Crippen molar-refractivity contribution in [3.05, 3.63) is 5.76 Å². The Bertz CT molecular complexity index is 1010. The van der Waals surface area contributed by atoms with E-state index < -0.39 is 11.1 Å². The molecule has 0 spiro atoms. The third-order valence-electron chi connectivity index (χ3n) is 9.01. The molecular weight excluding hydrogens is 482 g/mol. The summed E-state index contributed by atoms with van der Waals surface area (Å²) in [6.45, 7) is 4.96. The van der Waals surface area contributed by atoms with Gasteiger partial charge in [0.2, 0.25) is 5.76 Å². The minimum absolute atomic E-state index is 0.0632. The molecule has 36 heavy (non-hydrogen) atoms. The van der Waals surface area contributed by atoms with Crippen LogP contribution in [-0.4, -0.2) is 69.4 Å². The maximum Gasteiger partial charge on any atom is 0.410 e. The van der Waals surface area contributed by atoms with Crippen molar-refractivity contribution in [3.63, 3.8) is 0 Å². The van der Waals surface area contributed by atoms with E-state index in [1.165, 1.54) is 12.8 Å². The van der Waals surface area contributed by atoms with Gasteiger partial charge in [0.05, 0.1) is 17.7 Å². The van der Waals surface area contributed by atoms with Gasteiger partial charge >= 0.3 is 6.09 Å². The highest BCUT2D eigenvalue weighted by atomic mass is 32.2. The fourth-order valence-electron chi connectivity index (χ4n) is 7.48. The Balaban J connectivity index is 1.19. The number of aliphatic hydroxyl groups is 1. The second-order valence-electron chi connectivity index (χ2n) is 12.2.